The van der Waals surface area contributed by atoms with Crippen molar-refractivity contribution in [2.75, 3.05) is 11.9 Å². The maximum Gasteiger partial charge on any atom is 0.225 e. The summed E-state index contributed by atoms with van der Waals surface area (Å²) < 4.78 is 0. The number of hydrogen-bond acceptors (Lipinski definition) is 3. The summed E-state index contributed by atoms with van der Waals surface area (Å²) >= 11 is 1.89. The van der Waals surface area contributed by atoms with E-state index in [2.05, 4.69) is 43.5 Å². The first kappa shape index (κ1) is 19.3. The Balaban J connectivity index is 0.00000242. The van der Waals surface area contributed by atoms with Crippen molar-refractivity contribution in [1.29, 1.82) is 0 Å². The van der Waals surface area contributed by atoms with Gasteiger partial charge in [0.1, 0.15) is 0 Å². The van der Waals surface area contributed by atoms with Crippen LogP contribution in [0, 0.1) is 6.92 Å². The maximum absolute atomic E-state index is 12.1. The van der Waals surface area contributed by atoms with Gasteiger partial charge in [0.05, 0.1) is 0 Å². The first-order valence-corrected chi connectivity index (χ1v) is 8.77. The zero-order chi connectivity index (χ0) is 15.2. The van der Waals surface area contributed by atoms with Crippen molar-refractivity contribution < 1.29 is 4.79 Å². The van der Waals surface area contributed by atoms with E-state index in [1.807, 2.05) is 17.8 Å². The second-order valence-corrected chi connectivity index (χ2v) is 7.37. The molecule has 1 aromatic rings. The molecule has 1 aliphatic heterocycles. The van der Waals surface area contributed by atoms with Gasteiger partial charge in [-0.3, -0.25) is 4.79 Å². The number of benzene rings is 1. The van der Waals surface area contributed by atoms with Crippen LogP contribution in [0.5, 0.6) is 0 Å². The molecule has 1 aromatic carbocycles. The lowest BCUT2D eigenvalue weighted by atomic mass is 10.1. The van der Waals surface area contributed by atoms with Crippen LogP contribution in [0.3, 0.4) is 0 Å². The lowest BCUT2D eigenvalue weighted by molar-refractivity contribution is -0.116. The molecule has 3 nitrogen and oxygen atoms in total. The number of rotatable bonds is 6. The number of halogens is 1. The summed E-state index contributed by atoms with van der Waals surface area (Å²) in [6.07, 6.45) is 4.02. The van der Waals surface area contributed by atoms with Crippen LogP contribution in [0.4, 0.5) is 5.69 Å². The van der Waals surface area contributed by atoms with Gasteiger partial charge in [-0.15, -0.1) is 24.2 Å². The summed E-state index contributed by atoms with van der Waals surface area (Å²) in [5.41, 5.74) is 2.07. The van der Waals surface area contributed by atoms with Gasteiger partial charge in [-0.1, -0.05) is 13.8 Å². The van der Waals surface area contributed by atoms with Crippen molar-refractivity contribution >= 4 is 35.8 Å². The second-order valence-electron chi connectivity index (χ2n) is 5.86. The first-order chi connectivity index (χ1) is 10.1. The first-order valence-electron chi connectivity index (χ1n) is 7.89. The summed E-state index contributed by atoms with van der Waals surface area (Å²) in [7, 11) is 0. The molecular weight excluding hydrogens is 316 g/mol. The number of amides is 1. The lowest BCUT2D eigenvalue weighted by Gasteiger charge is -2.14. The molecule has 1 aliphatic rings. The lowest BCUT2D eigenvalue weighted by Crippen LogP contribution is -2.27. The molecule has 2 unspecified atom stereocenters. The van der Waals surface area contributed by atoms with Crippen molar-refractivity contribution in [2.45, 2.75) is 62.6 Å². The van der Waals surface area contributed by atoms with Crippen LogP contribution in [-0.4, -0.2) is 23.7 Å². The van der Waals surface area contributed by atoms with E-state index in [1.165, 1.54) is 11.3 Å². The molecule has 0 spiro atoms. The Morgan fingerprint density at radius 1 is 1.50 bits per heavy atom. The topological polar surface area (TPSA) is 41.1 Å². The zero-order valence-electron chi connectivity index (χ0n) is 13.6. The van der Waals surface area contributed by atoms with E-state index in [0.29, 0.717) is 17.7 Å². The Labute approximate surface area is 144 Å². The largest absolute Gasteiger partial charge is 0.326 e. The highest BCUT2D eigenvalue weighted by molar-refractivity contribution is 7.99. The van der Waals surface area contributed by atoms with Gasteiger partial charge in [0, 0.05) is 28.3 Å². The predicted octanol–water partition coefficient (Wildman–Crippen LogP) is 4.39. The van der Waals surface area contributed by atoms with Gasteiger partial charge in [-0.2, -0.15) is 0 Å². The third-order valence-corrected chi connectivity index (χ3v) is 5.24. The fourth-order valence-corrected chi connectivity index (χ4v) is 3.54. The van der Waals surface area contributed by atoms with E-state index in [0.717, 1.165) is 30.6 Å². The molecule has 1 saturated heterocycles. The highest BCUT2D eigenvalue weighted by atomic mass is 35.5. The fourth-order valence-electron chi connectivity index (χ4n) is 2.52. The van der Waals surface area contributed by atoms with Crippen LogP contribution in [-0.2, 0) is 4.79 Å². The minimum absolute atomic E-state index is 0. The van der Waals surface area contributed by atoms with Crippen molar-refractivity contribution in [1.82, 2.24) is 5.32 Å². The Hall–Kier alpha value is -0.710. The summed E-state index contributed by atoms with van der Waals surface area (Å²) in [5, 5.41) is 7.03. The Kier molecular flexibility index (Phi) is 8.29. The molecule has 5 heteroatoms. The summed E-state index contributed by atoms with van der Waals surface area (Å²) in [5.74, 6) is 0.111. The standard InChI is InChI=1S/C17H26N2OS.ClH/c1-4-13(3)21-15-7-8-16(12(2)10-15)19-17(20)11-14-6-5-9-18-14;/h7-8,10,13-14,18H,4-6,9,11H2,1-3H3,(H,19,20);1H. The molecule has 1 heterocycles. The van der Waals surface area contributed by atoms with Gasteiger partial charge >= 0.3 is 0 Å². The molecule has 2 atom stereocenters. The molecular formula is C17H27ClN2OS. The van der Waals surface area contributed by atoms with Crippen LogP contribution in [0.1, 0.15) is 45.1 Å². The Morgan fingerprint density at radius 3 is 2.86 bits per heavy atom. The van der Waals surface area contributed by atoms with Gasteiger partial charge in [0.15, 0.2) is 0 Å². The number of anilines is 1. The van der Waals surface area contributed by atoms with Crippen molar-refractivity contribution in [3.8, 4) is 0 Å². The van der Waals surface area contributed by atoms with Gasteiger partial charge in [0.2, 0.25) is 5.91 Å². The van der Waals surface area contributed by atoms with E-state index in [4.69, 9.17) is 0 Å². The minimum atomic E-state index is 0. The average molecular weight is 343 g/mol. The number of aryl methyl sites for hydroxylation is 1. The van der Waals surface area contributed by atoms with Crippen LogP contribution in [0.15, 0.2) is 23.1 Å². The third kappa shape index (κ3) is 5.82. The van der Waals surface area contributed by atoms with E-state index >= 15 is 0 Å². The van der Waals surface area contributed by atoms with Gasteiger partial charge in [-0.25, -0.2) is 0 Å². The molecule has 1 fully saturated rings. The van der Waals surface area contributed by atoms with Gasteiger partial charge in [0.25, 0.3) is 0 Å². The van der Waals surface area contributed by atoms with E-state index in [-0.39, 0.29) is 18.3 Å². The fraction of sp³-hybridized carbons (Fsp3) is 0.588. The normalized spacial score (nSPS) is 18.6. The molecule has 1 amide bonds. The number of carbonyl (C=O) groups excluding carboxylic acids is 1. The van der Waals surface area contributed by atoms with Crippen LogP contribution >= 0.6 is 24.2 Å². The maximum atomic E-state index is 12.1. The number of hydrogen-bond donors (Lipinski definition) is 2. The summed E-state index contributed by atoms with van der Waals surface area (Å²) in [4.78, 5) is 13.3. The van der Waals surface area contributed by atoms with Crippen molar-refractivity contribution in [3.05, 3.63) is 23.8 Å². The minimum Gasteiger partial charge on any atom is -0.326 e. The number of carbonyl (C=O) groups is 1. The summed E-state index contributed by atoms with van der Waals surface area (Å²) in [6, 6.07) is 6.65. The van der Waals surface area contributed by atoms with Crippen LogP contribution in [0.25, 0.3) is 0 Å². The van der Waals surface area contributed by atoms with E-state index in [9.17, 15) is 4.79 Å². The number of nitrogens with one attached hydrogen (secondary N) is 2. The van der Waals surface area contributed by atoms with Crippen LogP contribution < -0.4 is 10.6 Å². The Morgan fingerprint density at radius 2 is 2.27 bits per heavy atom. The molecule has 124 valence electrons. The highest BCUT2D eigenvalue weighted by Gasteiger charge is 2.18. The Bertz CT molecular complexity index is 490. The molecule has 0 radical (unpaired) electrons. The van der Waals surface area contributed by atoms with Crippen molar-refractivity contribution in [3.63, 3.8) is 0 Å². The molecule has 2 N–H and O–H groups in total. The SMILES string of the molecule is CCC(C)Sc1ccc(NC(=O)CC2CCCN2)c(C)c1.Cl. The average Bonchev–Trinajstić information content (AvgIpc) is 2.94. The monoisotopic (exact) mass is 342 g/mol. The molecule has 2 rings (SSSR count). The summed E-state index contributed by atoms with van der Waals surface area (Å²) in [6.45, 7) is 7.54. The zero-order valence-corrected chi connectivity index (χ0v) is 15.3. The molecule has 0 aliphatic carbocycles. The third-order valence-electron chi connectivity index (χ3n) is 3.98. The van der Waals surface area contributed by atoms with Gasteiger partial charge < -0.3 is 10.6 Å². The quantitative estimate of drug-likeness (QED) is 0.753. The van der Waals surface area contributed by atoms with Gasteiger partial charge in [-0.05, 0) is 56.5 Å². The number of thioether (sulfide) groups is 1. The van der Waals surface area contributed by atoms with Crippen LogP contribution in [0.2, 0.25) is 0 Å². The predicted molar refractivity (Wildman–Crippen MR) is 98.3 cm³/mol. The molecule has 0 saturated carbocycles. The highest BCUT2D eigenvalue weighted by Crippen LogP contribution is 2.28. The smallest absolute Gasteiger partial charge is 0.225 e. The molecule has 0 aromatic heterocycles. The second kappa shape index (κ2) is 9.43. The molecule has 22 heavy (non-hydrogen) atoms. The molecule has 0 bridgehead atoms. The van der Waals surface area contributed by atoms with Crippen molar-refractivity contribution in [2.24, 2.45) is 0 Å². The van der Waals surface area contributed by atoms with E-state index in [1.54, 1.807) is 0 Å². The van der Waals surface area contributed by atoms with E-state index < -0.39 is 0 Å².